The average molecular weight is 399 g/mol. The maximum Gasteiger partial charge on any atom is 0.304 e. The first-order chi connectivity index (χ1) is 11.7. The molecule has 0 atom stereocenters. The Morgan fingerprint density at radius 3 is 0.923 bits per heavy atom. The van der Waals surface area contributed by atoms with Crippen LogP contribution in [0.15, 0.2) is 0 Å². The number of rotatable bonds is 16. The molecule has 0 aromatic rings. The second kappa shape index (κ2) is 15.4. The zero-order chi connectivity index (χ0) is 19.2. The van der Waals surface area contributed by atoms with Crippen LogP contribution in [-0.2, 0) is 19.2 Å². The topological polar surface area (TPSA) is 156 Å². The lowest BCUT2D eigenvalue weighted by Crippen LogP contribution is -2.34. The summed E-state index contributed by atoms with van der Waals surface area (Å²) in [6.45, 7) is 1.83. The van der Waals surface area contributed by atoms with Gasteiger partial charge in [-0.1, -0.05) is 0 Å². The minimum atomic E-state index is -0.968. The highest BCUT2D eigenvalue weighted by Crippen LogP contribution is 2.02. The molecular weight excluding hydrogens is 372 g/mol. The van der Waals surface area contributed by atoms with Gasteiger partial charge >= 0.3 is 23.9 Å². The number of carboxylic acids is 4. The van der Waals surface area contributed by atoms with Crippen molar-refractivity contribution in [3.63, 3.8) is 0 Å². The third-order valence-electron chi connectivity index (χ3n) is 3.52. The van der Waals surface area contributed by atoms with E-state index in [9.17, 15) is 19.2 Å². The Hall–Kier alpha value is -1.91. The van der Waals surface area contributed by atoms with Gasteiger partial charge in [0.15, 0.2) is 0 Å². The largest absolute Gasteiger partial charge is 0.481 e. The lowest BCUT2D eigenvalue weighted by Gasteiger charge is -2.24. The summed E-state index contributed by atoms with van der Waals surface area (Å²) in [4.78, 5) is 46.1. The van der Waals surface area contributed by atoms with Crippen molar-refractivity contribution in [1.82, 2.24) is 9.80 Å². The van der Waals surface area contributed by atoms with Crippen molar-refractivity contribution >= 4 is 36.3 Å². The molecule has 0 saturated carbocycles. The zero-order valence-electron chi connectivity index (χ0n) is 14.5. The van der Waals surface area contributed by atoms with Crippen LogP contribution < -0.4 is 0 Å². The fourth-order valence-electron chi connectivity index (χ4n) is 2.20. The fourth-order valence-corrected chi connectivity index (χ4v) is 2.20. The van der Waals surface area contributed by atoms with Gasteiger partial charge < -0.3 is 30.2 Å². The van der Waals surface area contributed by atoms with E-state index in [4.69, 9.17) is 20.4 Å². The Kier molecular flexibility index (Phi) is 15.5. The summed E-state index contributed by atoms with van der Waals surface area (Å²) >= 11 is 0. The van der Waals surface area contributed by atoms with Crippen LogP contribution >= 0.6 is 12.4 Å². The van der Waals surface area contributed by atoms with E-state index in [2.05, 4.69) is 0 Å². The Labute approximate surface area is 157 Å². The Bertz CT molecular complexity index is 385. The first-order valence-electron chi connectivity index (χ1n) is 8.02. The van der Waals surface area contributed by atoms with Gasteiger partial charge in [0.25, 0.3) is 0 Å². The minimum absolute atomic E-state index is 0. The molecule has 11 heteroatoms. The van der Waals surface area contributed by atoms with Gasteiger partial charge in [0.05, 0.1) is 25.7 Å². The van der Waals surface area contributed by atoms with Gasteiger partial charge in [0, 0.05) is 26.2 Å². The monoisotopic (exact) mass is 398 g/mol. The molecule has 0 aliphatic carbocycles. The number of hydrogen-bond acceptors (Lipinski definition) is 6. The third kappa shape index (κ3) is 16.9. The van der Waals surface area contributed by atoms with Crippen LogP contribution in [-0.4, -0.2) is 93.4 Å². The van der Waals surface area contributed by atoms with Crippen LogP contribution in [0.3, 0.4) is 0 Å². The molecule has 0 saturated heterocycles. The summed E-state index contributed by atoms with van der Waals surface area (Å²) in [5, 5.41) is 34.9. The molecule has 0 radical (unpaired) electrons. The van der Waals surface area contributed by atoms with E-state index in [1.54, 1.807) is 9.80 Å². The Morgan fingerprint density at radius 2 is 0.731 bits per heavy atom. The summed E-state index contributed by atoms with van der Waals surface area (Å²) in [6, 6.07) is 0. The lowest BCUT2D eigenvalue weighted by molar-refractivity contribution is -0.139. The number of carbonyl (C=O) groups is 4. The number of aliphatic carboxylic acids is 4. The van der Waals surface area contributed by atoms with Gasteiger partial charge in [-0.2, -0.15) is 0 Å². The highest BCUT2D eigenvalue weighted by atomic mass is 35.5. The van der Waals surface area contributed by atoms with Gasteiger partial charge in [0.1, 0.15) is 0 Å². The van der Waals surface area contributed by atoms with Crippen molar-refractivity contribution in [3.05, 3.63) is 0 Å². The van der Waals surface area contributed by atoms with Crippen LogP contribution in [0.4, 0.5) is 0 Å². The molecule has 0 aliphatic rings. The van der Waals surface area contributed by atoms with E-state index in [0.717, 1.165) is 0 Å². The van der Waals surface area contributed by atoms with Crippen LogP contribution in [0.25, 0.3) is 0 Å². The molecule has 26 heavy (non-hydrogen) atoms. The van der Waals surface area contributed by atoms with Crippen LogP contribution in [0, 0.1) is 0 Å². The van der Waals surface area contributed by atoms with Crippen LogP contribution in [0.2, 0.25) is 0 Å². The van der Waals surface area contributed by atoms with E-state index in [1.165, 1.54) is 0 Å². The first kappa shape index (κ1) is 26.3. The molecular formula is C15H27ClN2O8. The quantitative estimate of drug-likeness (QED) is 0.285. The van der Waals surface area contributed by atoms with E-state index in [0.29, 0.717) is 19.5 Å². The molecule has 0 unspecified atom stereocenters. The van der Waals surface area contributed by atoms with Gasteiger partial charge in [-0.25, -0.2) is 0 Å². The average Bonchev–Trinajstić information content (AvgIpc) is 2.50. The molecule has 0 heterocycles. The van der Waals surface area contributed by atoms with Crippen LogP contribution in [0.5, 0.6) is 0 Å². The molecule has 152 valence electrons. The highest BCUT2D eigenvalue weighted by Gasteiger charge is 2.13. The maximum atomic E-state index is 10.7. The summed E-state index contributed by atoms with van der Waals surface area (Å²) in [5.74, 6) is -3.87. The molecule has 10 nitrogen and oxygen atoms in total. The Morgan fingerprint density at radius 1 is 0.500 bits per heavy atom. The number of halogens is 1. The van der Waals surface area contributed by atoms with Gasteiger partial charge in [0.2, 0.25) is 0 Å². The van der Waals surface area contributed by atoms with Crippen molar-refractivity contribution in [2.24, 2.45) is 0 Å². The smallest absolute Gasteiger partial charge is 0.304 e. The summed E-state index contributed by atoms with van der Waals surface area (Å²) in [7, 11) is 0. The van der Waals surface area contributed by atoms with E-state index >= 15 is 0 Å². The zero-order valence-corrected chi connectivity index (χ0v) is 15.3. The second-order valence-electron chi connectivity index (χ2n) is 5.61. The molecule has 0 amide bonds. The second-order valence-corrected chi connectivity index (χ2v) is 5.61. The Balaban J connectivity index is 0. The van der Waals surface area contributed by atoms with Crippen LogP contribution in [0.1, 0.15) is 32.1 Å². The molecule has 0 spiro atoms. The van der Waals surface area contributed by atoms with Crippen molar-refractivity contribution in [1.29, 1.82) is 0 Å². The van der Waals surface area contributed by atoms with Crippen molar-refractivity contribution in [2.45, 2.75) is 32.1 Å². The van der Waals surface area contributed by atoms with E-state index < -0.39 is 23.9 Å². The van der Waals surface area contributed by atoms with Crippen molar-refractivity contribution in [3.8, 4) is 0 Å². The summed E-state index contributed by atoms with van der Waals surface area (Å²) in [5.41, 5.74) is 0. The summed E-state index contributed by atoms with van der Waals surface area (Å²) in [6.07, 6.45) is 0.171. The highest BCUT2D eigenvalue weighted by molar-refractivity contribution is 5.85. The molecule has 0 bridgehead atoms. The molecule has 0 rings (SSSR count). The predicted octanol–water partition coefficient (Wildman–Crippen LogP) is 0.301. The number of hydrogen-bond donors (Lipinski definition) is 4. The minimum Gasteiger partial charge on any atom is -0.481 e. The van der Waals surface area contributed by atoms with E-state index in [1.807, 2.05) is 0 Å². The van der Waals surface area contributed by atoms with Gasteiger partial charge in [-0.05, 0) is 19.5 Å². The lowest BCUT2D eigenvalue weighted by atomic mass is 10.2. The molecule has 0 aliphatic heterocycles. The number of nitrogens with zero attached hydrogens (tertiary/aromatic N) is 2. The molecule has 0 fully saturated rings. The maximum absolute atomic E-state index is 10.7. The van der Waals surface area contributed by atoms with E-state index in [-0.39, 0.29) is 64.3 Å². The third-order valence-corrected chi connectivity index (χ3v) is 3.52. The predicted molar refractivity (Wildman–Crippen MR) is 93.8 cm³/mol. The summed E-state index contributed by atoms with van der Waals surface area (Å²) < 4.78 is 0. The number of carboxylic acid groups (broad SMARTS) is 4. The van der Waals surface area contributed by atoms with Crippen molar-refractivity contribution < 1.29 is 39.6 Å². The first-order valence-corrected chi connectivity index (χ1v) is 8.02. The molecule has 0 aromatic heterocycles. The van der Waals surface area contributed by atoms with Crippen molar-refractivity contribution in [2.75, 3.05) is 39.3 Å². The standard InChI is InChI=1S/C15H26N2O8.ClH/c18-12(19)2-8-16(9-3-13(20)21)6-1-7-17(10-4-14(22)23)11-5-15(24)25;/h1-11H2,(H,18,19)(H,20,21)(H,22,23)(H,24,25);1H. The van der Waals surface area contributed by atoms with Gasteiger partial charge in [-0.3, -0.25) is 19.2 Å². The fraction of sp³-hybridized carbons (Fsp3) is 0.733. The normalized spacial score (nSPS) is 10.5. The molecule has 4 N–H and O–H groups in total. The molecule has 0 aromatic carbocycles. The van der Waals surface area contributed by atoms with Gasteiger partial charge in [-0.15, -0.1) is 12.4 Å². The SMILES string of the molecule is Cl.O=C(O)CCN(CCCN(CCC(=O)O)CCC(=O)O)CCC(=O)O.